The molecule has 4 rings (SSSR count). The second-order valence-corrected chi connectivity index (χ2v) is 17.8. The third-order valence-electron chi connectivity index (χ3n) is 9.28. The Kier molecular flexibility index (Phi) is 6.93. The summed E-state index contributed by atoms with van der Waals surface area (Å²) in [7, 11) is -2.39. The number of carbonyl (C=O) groups excluding carboxylic acids is 4. The molecule has 0 bridgehead atoms. The fraction of sp³-hybridized carbons (Fsp3) is 0.724. The third-order valence-corrected chi connectivity index (χ3v) is 10.3. The molecule has 0 aliphatic heterocycles. The van der Waals surface area contributed by atoms with Crippen LogP contribution in [-0.4, -0.2) is 66.6 Å². The van der Waals surface area contributed by atoms with Gasteiger partial charge in [-0.1, -0.05) is 32.9 Å². The van der Waals surface area contributed by atoms with Crippen molar-refractivity contribution in [1.82, 2.24) is 0 Å². The van der Waals surface area contributed by atoms with Gasteiger partial charge in [-0.3, -0.25) is 19.2 Å². The summed E-state index contributed by atoms with van der Waals surface area (Å²) in [4.78, 5) is 50.6. The van der Waals surface area contributed by atoms with E-state index in [2.05, 4.69) is 0 Å². The first-order valence-corrected chi connectivity index (χ1v) is 17.0. The Morgan fingerprint density at radius 2 is 1.67 bits per heavy atom. The molecular formula is C29H42O9Si. The zero-order chi connectivity index (χ0) is 29.5. The van der Waals surface area contributed by atoms with Gasteiger partial charge in [0.25, 0.3) is 0 Å². The van der Waals surface area contributed by atoms with Gasteiger partial charge < -0.3 is 23.7 Å². The van der Waals surface area contributed by atoms with E-state index in [0.29, 0.717) is 11.1 Å². The fourth-order valence-corrected chi connectivity index (χ4v) is 9.47. The number of ketones is 1. The highest BCUT2D eigenvalue weighted by Gasteiger charge is 2.88. The van der Waals surface area contributed by atoms with Crippen LogP contribution in [0.25, 0.3) is 0 Å². The molecule has 0 aromatic rings. The quantitative estimate of drug-likeness (QED) is 0.224. The average Bonchev–Trinajstić information content (AvgIpc) is 3.19. The van der Waals surface area contributed by atoms with E-state index in [-0.39, 0.29) is 18.8 Å². The van der Waals surface area contributed by atoms with Crippen molar-refractivity contribution in [2.24, 2.45) is 29.1 Å². The zero-order valence-electron chi connectivity index (χ0n) is 24.7. The molecule has 2 fully saturated rings. The van der Waals surface area contributed by atoms with E-state index in [1.165, 1.54) is 20.8 Å². The lowest BCUT2D eigenvalue weighted by Gasteiger charge is -2.54. The molecule has 0 amide bonds. The summed E-state index contributed by atoms with van der Waals surface area (Å²) in [6.45, 7) is 17.2. The Balaban J connectivity index is 2.00. The highest BCUT2D eigenvalue weighted by atomic mass is 28.4. The first-order chi connectivity index (χ1) is 17.8. The lowest BCUT2D eigenvalue weighted by atomic mass is 9.59. The Morgan fingerprint density at radius 1 is 1.05 bits per heavy atom. The van der Waals surface area contributed by atoms with E-state index in [9.17, 15) is 24.3 Å². The molecule has 8 atom stereocenters. The topological polar surface area (TPSA) is 125 Å². The van der Waals surface area contributed by atoms with Gasteiger partial charge in [-0.05, 0) is 37.7 Å². The van der Waals surface area contributed by atoms with Gasteiger partial charge in [0.1, 0.15) is 18.3 Å². The largest absolute Gasteiger partial charge is 0.461 e. The van der Waals surface area contributed by atoms with Gasteiger partial charge in [-0.25, -0.2) is 0 Å². The monoisotopic (exact) mass is 562 g/mol. The van der Waals surface area contributed by atoms with E-state index < -0.39 is 78.2 Å². The van der Waals surface area contributed by atoms with Gasteiger partial charge in [-0.15, -0.1) is 0 Å². The van der Waals surface area contributed by atoms with Crippen LogP contribution < -0.4 is 0 Å². The number of rotatable bonds is 6. The Labute approximate surface area is 231 Å². The zero-order valence-corrected chi connectivity index (χ0v) is 25.7. The minimum atomic E-state index is -2.39. The normalized spacial score (nSPS) is 40.2. The summed E-state index contributed by atoms with van der Waals surface area (Å²) >= 11 is 0. The molecule has 0 unspecified atom stereocenters. The molecule has 0 aromatic heterocycles. The summed E-state index contributed by atoms with van der Waals surface area (Å²) in [6.07, 6.45) is 2.87. The van der Waals surface area contributed by atoms with Crippen molar-refractivity contribution in [2.45, 2.75) is 97.4 Å². The maximum Gasteiger partial charge on any atom is 0.303 e. The van der Waals surface area contributed by atoms with Crippen LogP contribution in [0, 0.1) is 29.1 Å². The minimum Gasteiger partial charge on any atom is -0.461 e. The molecule has 216 valence electrons. The molecule has 39 heavy (non-hydrogen) atoms. The lowest BCUT2D eigenvalue weighted by Crippen LogP contribution is -2.67. The molecule has 10 heteroatoms. The van der Waals surface area contributed by atoms with Gasteiger partial charge in [-0.2, -0.15) is 0 Å². The SMILES string of the molecule is CC(=O)OCC1=C[C@H]2[C@@H]3C(C)(C)[C@]3(OC(C)=O)[C@H](OC(C)=O)[C@@H](C)[C@]2(O)[C@@H]2C=C(C)C(=O)[C@@]2(O[Si](C)(C)C)C1. The molecule has 4 aliphatic rings. The van der Waals surface area contributed by atoms with Crippen LogP contribution >= 0.6 is 0 Å². The van der Waals surface area contributed by atoms with Gasteiger partial charge >= 0.3 is 17.9 Å². The fourth-order valence-electron chi connectivity index (χ4n) is 8.09. The molecule has 2 saturated carbocycles. The van der Waals surface area contributed by atoms with Crippen molar-refractivity contribution in [2.75, 3.05) is 6.61 Å². The van der Waals surface area contributed by atoms with Gasteiger partial charge in [0.15, 0.2) is 19.7 Å². The summed E-state index contributed by atoms with van der Waals surface area (Å²) in [6, 6.07) is 0. The van der Waals surface area contributed by atoms with E-state index in [1.807, 2.05) is 39.6 Å². The Bertz CT molecular complexity index is 1180. The first-order valence-electron chi connectivity index (χ1n) is 13.6. The highest BCUT2D eigenvalue weighted by molar-refractivity contribution is 6.70. The number of Topliss-reactive ketones (excluding diaryl/α,β-unsaturated/α-hetero) is 1. The van der Waals surface area contributed by atoms with Crippen molar-refractivity contribution in [3.05, 3.63) is 23.3 Å². The van der Waals surface area contributed by atoms with Crippen LogP contribution in [0.3, 0.4) is 0 Å². The number of carbonyl (C=O) groups is 4. The van der Waals surface area contributed by atoms with Gasteiger partial charge in [0, 0.05) is 56.3 Å². The number of aliphatic hydroxyl groups is 1. The molecule has 0 heterocycles. The van der Waals surface area contributed by atoms with Gasteiger partial charge in [0.2, 0.25) is 0 Å². The van der Waals surface area contributed by atoms with E-state index in [4.69, 9.17) is 18.6 Å². The maximum atomic E-state index is 14.0. The Morgan fingerprint density at radius 3 is 2.18 bits per heavy atom. The number of ether oxygens (including phenoxy) is 3. The summed E-state index contributed by atoms with van der Waals surface area (Å²) in [5.74, 6) is -4.34. The second kappa shape index (κ2) is 9.11. The highest BCUT2D eigenvalue weighted by Crippen LogP contribution is 2.77. The number of fused-ring (bicyclic) bond motifs is 5. The van der Waals surface area contributed by atoms with Crippen LogP contribution in [0.1, 0.15) is 54.9 Å². The number of hydrogen-bond donors (Lipinski definition) is 1. The minimum absolute atomic E-state index is 0.0623. The van der Waals surface area contributed by atoms with E-state index >= 15 is 0 Å². The van der Waals surface area contributed by atoms with Crippen molar-refractivity contribution in [3.8, 4) is 0 Å². The second-order valence-electron chi connectivity index (χ2n) is 13.4. The molecule has 9 nitrogen and oxygen atoms in total. The molecule has 0 spiro atoms. The predicted molar refractivity (Wildman–Crippen MR) is 144 cm³/mol. The number of hydrogen-bond acceptors (Lipinski definition) is 9. The molecule has 0 saturated heterocycles. The van der Waals surface area contributed by atoms with Crippen molar-refractivity contribution in [3.63, 3.8) is 0 Å². The smallest absolute Gasteiger partial charge is 0.303 e. The first kappa shape index (κ1) is 29.7. The molecule has 0 aromatic carbocycles. The standard InChI is InChI=1S/C29H42O9Si/c1-15-11-22-27(24(15)33,38-39(8,9)10)13-20(14-35-17(3)30)12-21-23-26(6,7)29(23,37-19(5)32)25(36-18(4)31)16(2)28(21,22)34/h11-12,16,21-23,25,34H,13-14H2,1-10H3/t16-,21+,22-,23-,25-,27-,28-,29-/m1/s1. The average molecular weight is 563 g/mol. The summed E-state index contributed by atoms with van der Waals surface area (Å²) in [5.41, 5.74) is -3.75. The van der Waals surface area contributed by atoms with Crippen molar-refractivity contribution in [1.29, 1.82) is 0 Å². The maximum absolute atomic E-state index is 14.0. The van der Waals surface area contributed by atoms with Crippen LogP contribution in [0.4, 0.5) is 0 Å². The molecule has 1 N–H and O–H groups in total. The van der Waals surface area contributed by atoms with E-state index in [1.54, 1.807) is 19.9 Å². The van der Waals surface area contributed by atoms with Crippen LogP contribution in [-0.2, 0) is 37.8 Å². The third kappa shape index (κ3) is 4.25. The van der Waals surface area contributed by atoms with Crippen LogP contribution in [0.5, 0.6) is 0 Å². The predicted octanol–water partition coefficient (Wildman–Crippen LogP) is 3.50. The summed E-state index contributed by atoms with van der Waals surface area (Å²) in [5, 5.41) is 13.0. The van der Waals surface area contributed by atoms with Crippen LogP contribution in [0.2, 0.25) is 19.6 Å². The van der Waals surface area contributed by atoms with Crippen molar-refractivity contribution >= 4 is 32.0 Å². The number of esters is 3. The molecular weight excluding hydrogens is 520 g/mol. The van der Waals surface area contributed by atoms with E-state index in [0.717, 1.165) is 0 Å². The van der Waals surface area contributed by atoms with Crippen molar-refractivity contribution < 1.29 is 42.9 Å². The van der Waals surface area contributed by atoms with Crippen LogP contribution in [0.15, 0.2) is 23.3 Å². The lowest BCUT2D eigenvalue weighted by molar-refractivity contribution is -0.226. The Hall–Kier alpha value is -2.30. The summed E-state index contributed by atoms with van der Waals surface area (Å²) < 4.78 is 24.1. The van der Waals surface area contributed by atoms with Gasteiger partial charge in [0.05, 0.1) is 5.60 Å². The molecule has 4 aliphatic carbocycles. The molecule has 0 radical (unpaired) electrons.